The number of benzene rings is 1. The second-order valence-electron chi connectivity index (χ2n) is 5.78. The van der Waals surface area contributed by atoms with E-state index in [0.717, 1.165) is 16.7 Å². The zero-order chi connectivity index (χ0) is 15.5. The lowest BCUT2D eigenvalue weighted by Gasteiger charge is -2.19. The summed E-state index contributed by atoms with van der Waals surface area (Å²) in [4.78, 5) is 15.9. The van der Waals surface area contributed by atoms with Crippen molar-refractivity contribution in [1.82, 2.24) is 4.98 Å². The maximum Gasteiger partial charge on any atom is 0.413 e. The zero-order valence-corrected chi connectivity index (χ0v) is 12.7. The van der Waals surface area contributed by atoms with Crippen LogP contribution in [0, 0.1) is 13.0 Å². The van der Waals surface area contributed by atoms with Crippen LogP contribution in [-0.2, 0) is 4.74 Å². The van der Waals surface area contributed by atoms with E-state index in [1.165, 1.54) is 0 Å². The van der Waals surface area contributed by atoms with Crippen molar-refractivity contribution in [2.45, 2.75) is 33.3 Å². The van der Waals surface area contributed by atoms with Crippen LogP contribution >= 0.6 is 0 Å². The second kappa shape index (κ2) is 5.95. The van der Waals surface area contributed by atoms with Crippen LogP contribution < -0.4 is 5.32 Å². The molecule has 0 fully saturated rings. The molecule has 0 spiro atoms. The molecule has 1 aromatic carbocycles. The first-order valence-corrected chi connectivity index (χ1v) is 6.79. The highest BCUT2D eigenvalue weighted by atomic mass is 16.6. The minimum atomic E-state index is -0.536. The normalized spacial score (nSPS) is 11.0. The van der Waals surface area contributed by atoms with Crippen LogP contribution in [0.5, 0.6) is 0 Å². The molecule has 4 nitrogen and oxygen atoms in total. The number of anilines is 1. The molecule has 0 aliphatic carbocycles. The summed E-state index contributed by atoms with van der Waals surface area (Å²) in [5.74, 6) is 0.457. The first kappa shape index (κ1) is 15.0. The first-order valence-electron chi connectivity index (χ1n) is 6.79. The number of carbonyl (C=O) groups excluding carboxylic acids is 1. The predicted molar refractivity (Wildman–Crippen MR) is 83.1 cm³/mol. The van der Waals surface area contributed by atoms with Gasteiger partial charge in [0.05, 0.1) is 0 Å². The van der Waals surface area contributed by atoms with Crippen LogP contribution in [0.25, 0.3) is 11.1 Å². The smallest absolute Gasteiger partial charge is 0.413 e. The molecule has 2 rings (SSSR count). The van der Waals surface area contributed by atoms with Crippen LogP contribution in [0.1, 0.15) is 26.3 Å². The van der Waals surface area contributed by atoms with Crippen LogP contribution in [0.2, 0.25) is 0 Å². The van der Waals surface area contributed by atoms with E-state index < -0.39 is 11.7 Å². The van der Waals surface area contributed by atoms with Crippen molar-refractivity contribution >= 4 is 11.9 Å². The molecule has 4 heteroatoms. The monoisotopic (exact) mass is 283 g/mol. The Labute approximate surface area is 125 Å². The van der Waals surface area contributed by atoms with Gasteiger partial charge < -0.3 is 4.74 Å². The molecule has 21 heavy (non-hydrogen) atoms. The van der Waals surface area contributed by atoms with Crippen LogP contribution in [0.4, 0.5) is 10.6 Å². The Morgan fingerprint density at radius 1 is 1.33 bits per heavy atom. The Kier molecular flexibility index (Phi) is 4.26. The third-order valence-corrected chi connectivity index (χ3v) is 2.74. The SMILES string of the molecule is Cc1ccc[c]c1-c1ccnc(NC(=O)OC(C)(C)C)c1. The summed E-state index contributed by atoms with van der Waals surface area (Å²) in [7, 11) is 0. The molecule has 1 N–H and O–H groups in total. The Morgan fingerprint density at radius 3 is 2.76 bits per heavy atom. The molecule has 0 aliphatic heterocycles. The van der Waals surface area contributed by atoms with Crippen molar-refractivity contribution in [3.63, 3.8) is 0 Å². The van der Waals surface area contributed by atoms with Crippen molar-refractivity contribution in [3.8, 4) is 11.1 Å². The molecular weight excluding hydrogens is 264 g/mol. The van der Waals surface area contributed by atoms with Gasteiger partial charge in [0.15, 0.2) is 0 Å². The van der Waals surface area contributed by atoms with E-state index in [0.29, 0.717) is 5.82 Å². The van der Waals surface area contributed by atoms with Gasteiger partial charge in [-0.25, -0.2) is 9.78 Å². The summed E-state index contributed by atoms with van der Waals surface area (Å²) in [6.45, 7) is 7.48. The average Bonchev–Trinajstić information content (AvgIpc) is 2.37. The highest BCUT2D eigenvalue weighted by Crippen LogP contribution is 2.24. The fraction of sp³-hybridized carbons (Fsp3) is 0.294. The summed E-state index contributed by atoms with van der Waals surface area (Å²) in [5, 5.41) is 2.64. The van der Waals surface area contributed by atoms with Crippen LogP contribution in [0.3, 0.4) is 0 Å². The Hall–Kier alpha value is -2.36. The maximum absolute atomic E-state index is 11.8. The molecule has 109 valence electrons. The fourth-order valence-corrected chi connectivity index (χ4v) is 1.89. The second-order valence-corrected chi connectivity index (χ2v) is 5.78. The fourth-order valence-electron chi connectivity index (χ4n) is 1.89. The molecule has 2 aromatic rings. The molecule has 0 saturated heterocycles. The van der Waals surface area contributed by atoms with Crippen molar-refractivity contribution in [2.75, 3.05) is 5.32 Å². The number of amides is 1. The Morgan fingerprint density at radius 2 is 2.10 bits per heavy atom. The molecule has 0 bridgehead atoms. The molecule has 1 heterocycles. The predicted octanol–water partition coefficient (Wildman–Crippen LogP) is 4.20. The van der Waals surface area contributed by atoms with Gasteiger partial charge in [0.2, 0.25) is 0 Å². The summed E-state index contributed by atoms with van der Waals surface area (Å²) in [6.07, 6.45) is 1.14. The van der Waals surface area contributed by atoms with Gasteiger partial charge >= 0.3 is 6.09 Å². The Bertz CT molecular complexity index is 645. The van der Waals surface area contributed by atoms with E-state index >= 15 is 0 Å². The number of hydrogen-bond acceptors (Lipinski definition) is 3. The largest absolute Gasteiger partial charge is 0.444 e. The number of hydrogen-bond donors (Lipinski definition) is 1. The van der Waals surface area contributed by atoms with Gasteiger partial charge in [0.1, 0.15) is 11.4 Å². The number of carbonyl (C=O) groups is 1. The van der Waals surface area contributed by atoms with E-state index in [1.807, 2.05) is 58.0 Å². The highest BCUT2D eigenvalue weighted by molar-refractivity contribution is 5.84. The number of nitrogens with zero attached hydrogens (tertiary/aromatic N) is 1. The summed E-state index contributed by atoms with van der Waals surface area (Å²) < 4.78 is 5.21. The van der Waals surface area contributed by atoms with Crippen LogP contribution in [-0.4, -0.2) is 16.7 Å². The number of ether oxygens (including phenoxy) is 1. The topological polar surface area (TPSA) is 51.2 Å². The third-order valence-electron chi connectivity index (χ3n) is 2.74. The summed E-state index contributed by atoms with van der Waals surface area (Å²) in [5.41, 5.74) is 2.53. The number of aromatic nitrogens is 1. The van der Waals surface area contributed by atoms with Crippen molar-refractivity contribution < 1.29 is 9.53 Å². The van der Waals surface area contributed by atoms with E-state index in [1.54, 1.807) is 6.20 Å². The van der Waals surface area contributed by atoms with Gasteiger partial charge in [-0.1, -0.05) is 18.2 Å². The molecule has 1 aromatic heterocycles. The molecule has 0 atom stereocenters. The third kappa shape index (κ3) is 4.31. The van der Waals surface area contributed by atoms with Gasteiger partial charge in [-0.05, 0) is 62.6 Å². The maximum atomic E-state index is 11.8. The van der Waals surface area contributed by atoms with Crippen molar-refractivity contribution in [2.24, 2.45) is 0 Å². The number of rotatable bonds is 2. The quantitative estimate of drug-likeness (QED) is 0.898. The van der Waals surface area contributed by atoms with Crippen LogP contribution in [0.15, 0.2) is 36.5 Å². The standard InChI is InChI=1S/C17H19N2O2/c1-12-7-5-6-8-14(12)13-9-10-18-15(11-13)19-16(20)21-17(2,3)4/h5-7,9-11H,1-4H3,(H,18,19,20). The molecule has 0 saturated carbocycles. The van der Waals surface area contributed by atoms with E-state index in [-0.39, 0.29) is 0 Å². The van der Waals surface area contributed by atoms with Crippen molar-refractivity contribution in [1.29, 1.82) is 0 Å². The molecular formula is C17H19N2O2. The van der Waals surface area contributed by atoms with E-state index in [2.05, 4.69) is 16.4 Å². The summed E-state index contributed by atoms with van der Waals surface area (Å²) >= 11 is 0. The minimum Gasteiger partial charge on any atom is -0.444 e. The van der Waals surface area contributed by atoms with E-state index in [4.69, 9.17) is 4.74 Å². The highest BCUT2D eigenvalue weighted by Gasteiger charge is 2.16. The minimum absolute atomic E-state index is 0.457. The number of aryl methyl sites for hydroxylation is 1. The van der Waals surface area contributed by atoms with E-state index in [9.17, 15) is 4.79 Å². The Balaban J connectivity index is 2.19. The van der Waals surface area contributed by atoms with Gasteiger partial charge in [0, 0.05) is 6.20 Å². The number of nitrogens with one attached hydrogen (secondary N) is 1. The number of pyridine rings is 1. The molecule has 0 unspecified atom stereocenters. The van der Waals surface area contributed by atoms with Gasteiger partial charge in [-0.3, -0.25) is 5.32 Å². The lowest BCUT2D eigenvalue weighted by Crippen LogP contribution is -2.27. The summed E-state index contributed by atoms with van der Waals surface area (Å²) in [6, 6.07) is 12.7. The molecule has 1 amide bonds. The lowest BCUT2D eigenvalue weighted by atomic mass is 10.0. The molecule has 1 radical (unpaired) electrons. The zero-order valence-electron chi connectivity index (χ0n) is 12.7. The van der Waals surface area contributed by atoms with Gasteiger partial charge in [0.25, 0.3) is 0 Å². The van der Waals surface area contributed by atoms with Gasteiger partial charge in [-0.15, -0.1) is 0 Å². The first-order chi connectivity index (χ1) is 9.85. The molecule has 0 aliphatic rings. The lowest BCUT2D eigenvalue weighted by molar-refractivity contribution is 0.0635. The average molecular weight is 283 g/mol. The van der Waals surface area contributed by atoms with Gasteiger partial charge in [-0.2, -0.15) is 0 Å². The van der Waals surface area contributed by atoms with Crippen molar-refractivity contribution in [3.05, 3.63) is 48.2 Å².